The van der Waals surface area contributed by atoms with Crippen LogP contribution in [0.4, 0.5) is 18.9 Å². The van der Waals surface area contributed by atoms with Gasteiger partial charge in [-0.05, 0) is 55.2 Å². The van der Waals surface area contributed by atoms with Gasteiger partial charge in [-0.1, -0.05) is 26.0 Å². The summed E-state index contributed by atoms with van der Waals surface area (Å²) in [7, 11) is 0. The minimum absolute atomic E-state index is 0.0806. The van der Waals surface area contributed by atoms with Crippen LogP contribution >= 0.6 is 0 Å². The third-order valence-corrected chi connectivity index (χ3v) is 5.46. The summed E-state index contributed by atoms with van der Waals surface area (Å²) in [6, 6.07) is 11.6. The first-order valence-electron chi connectivity index (χ1n) is 10.8. The molecule has 2 aromatic carbocycles. The highest BCUT2D eigenvalue weighted by atomic mass is 19.4. The maximum absolute atomic E-state index is 12.7. The molecule has 1 aliphatic rings. The Morgan fingerprint density at radius 2 is 1.62 bits per heavy atom. The Labute approximate surface area is 186 Å². The summed E-state index contributed by atoms with van der Waals surface area (Å²) < 4.78 is 38.1. The lowest BCUT2D eigenvalue weighted by molar-refractivity contribution is -0.137. The number of benzene rings is 2. The van der Waals surface area contributed by atoms with E-state index in [2.05, 4.69) is 15.5 Å². The SMILES string of the molecule is CC(C)CNC(=O)c1ccccc1N1CCC(NC(=O)c2ccc(C(F)(F)F)cc2)CC1. The number of alkyl halides is 3. The number of para-hydroxylation sites is 1. The van der Waals surface area contributed by atoms with Crippen molar-refractivity contribution < 1.29 is 22.8 Å². The average Bonchev–Trinajstić information content (AvgIpc) is 2.77. The summed E-state index contributed by atoms with van der Waals surface area (Å²) >= 11 is 0. The average molecular weight is 448 g/mol. The third kappa shape index (κ3) is 6.02. The summed E-state index contributed by atoms with van der Waals surface area (Å²) in [6.07, 6.45) is -3.08. The molecule has 1 aliphatic heterocycles. The Bertz CT molecular complexity index is 934. The van der Waals surface area contributed by atoms with Crippen LogP contribution in [0, 0.1) is 5.92 Å². The number of anilines is 1. The van der Waals surface area contributed by atoms with E-state index >= 15 is 0 Å². The van der Waals surface area contributed by atoms with Crippen LogP contribution in [0.15, 0.2) is 48.5 Å². The molecule has 0 spiro atoms. The van der Waals surface area contributed by atoms with Crippen molar-refractivity contribution in [3.05, 3.63) is 65.2 Å². The fourth-order valence-corrected chi connectivity index (χ4v) is 3.68. The number of hydrogen-bond donors (Lipinski definition) is 2. The number of carbonyl (C=O) groups is 2. The number of nitrogens with zero attached hydrogens (tertiary/aromatic N) is 1. The number of carbonyl (C=O) groups excluding carboxylic acids is 2. The first kappa shape index (κ1) is 23.6. The molecule has 5 nitrogen and oxygen atoms in total. The zero-order valence-corrected chi connectivity index (χ0v) is 18.2. The van der Waals surface area contributed by atoms with Crippen LogP contribution in [0.3, 0.4) is 0 Å². The quantitative estimate of drug-likeness (QED) is 0.686. The van der Waals surface area contributed by atoms with Crippen molar-refractivity contribution in [2.24, 2.45) is 5.92 Å². The van der Waals surface area contributed by atoms with E-state index in [4.69, 9.17) is 0 Å². The molecule has 2 N–H and O–H groups in total. The molecular formula is C24H28F3N3O2. The molecular weight excluding hydrogens is 419 g/mol. The van der Waals surface area contributed by atoms with Gasteiger partial charge < -0.3 is 15.5 Å². The van der Waals surface area contributed by atoms with Gasteiger partial charge in [0.2, 0.25) is 0 Å². The van der Waals surface area contributed by atoms with Gasteiger partial charge in [0.25, 0.3) is 11.8 Å². The lowest BCUT2D eigenvalue weighted by Crippen LogP contribution is -2.45. The van der Waals surface area contributed by atoms with Crippen molar-refractivity contribution >= 4 is 17.5 Å². The van der Waals surface area contributed by atoms with Gasteiger partial charge in [0.15, 0.2) is 0 Å². The molecule has 2 aromatic rings. The molecule has 0 bridgehead atoms. The van der Waals surface area contributed by atoms with Crippen molar-refractivity contribution in [1.29, 1.82) is 0 Å². The molecule has 0 saturated carbocycles. The third-order valence-electron chi connectivity index (χ3n) is 5.46. The number of halogens is 3. The molecule has 1 heterocycles. The summed E-state index contributed by atoms with van der Waals surface area (Å²) in [5.74, 6) is -0.132. The van der Waals surface area contributed by atoms with Gasteiger partial charge in [-0.15, -0.1) is 0 Å². The number of rotatable bonds is 6. The molecule has 3 rings (SSSR count). The standard InChI is InChI=1S/C24H28F3N3O2/c1-16(2)15-28-23(32)20-5-3-4-6-21(20)30-13-11-19(12-14-30)29-22(31)17-7-9-18(10-8-17)24(25,26)27/h3-10,16,19H,11-15H2,1-2H3,(H,28,32)(H,29,31). The lowest BCUT2D eigenvalue weighted by Gasteiger charge is -2.35. The first-order valence-corrected chi connectivity index (χ1v) is 10.8. The molecule has 0 radical (unpaired) electrons. The minimum Gasteiger partial charge on any atom is -0.371 e. The van der Waals surface area contributed by atoms with Crippen LogP contribution in [0.5, 0.6) is 0 Å². The van der Waals surface area contributed by atoms with E-state index in [-0.39, 0.29) is 23.4 Å². The highest BCUT2D eigenvalue weighted by molar-refractivity contribution is 5.99. The van der Waals surface area contributed by atoms with E-state index in [1.807, 2.05) is 38.1 Å². The Balaban J connectivity index is 1.58. The van der Waals surface area contributed by atoms with E-state index in [1.54, 1.807) is 0 Å². The number of amides is 2. The summed E-state index contributed by atoms with van der Waals surface area (Å²) in [5, 5.41) is 5.86. The fraction of sp³-hybridized carbons (Fsp3) is 0.417. The molecule has 0 atom stereocenters. The second-order valence-corrected chi connectivity index (χ2v) is 8.43. The van der Waals surface area contributed by atoms with E-state index in [0.29, 0.717) is 44.0 Å². The zero-order valence-electron chi connectivity index (χ0n) is 18.2. The molecule has 0 aliphatic carbocycles. The van der Waals surface area contributed by atoms with Crippen LogP contribution in [0.2, 0.25) is 0 Å². The number of piperidine rings is 1. The van der Waals surface area contributed by atoms with Gasteiger partial charge >= 0.3 is 6.18 Å². The molecule has 8 heteroatoms. The van der Waals surface area contributed by atoms with Crippen molar-refractivity contribution in [1.82, 2.24) is 10.6 Å². The fourth-order valence-electron chi connectivity index (χ4n) is 3.68. The highest BCUT2D eigenvalue weighted by Gasteiger charge is 2.30. The van der Waals surface area contributed by atoms with Crippen LogP contribution in [0.1, 0.15) is 53.0 Å². The lowest BCUT2D eigenvalue weighted by atomic mass is 10.0. The van der Waals surface area contributed by atoms with Crippen LogP contribution in [-0.4, -0.2) is 37.5 Å². The van der Waals surface area contributed by atoms with E-state index < -0.39 is 11.7 Å². The Morgan fingerprint density at radius 1 is 1.00 bits per heavy atom. The highest BCUT2D eigenvalue weighted by Crippen LogP contribution is 2.29. The Hall–Kier alpha value is -3.03. The summed E-state index contributed by atoms with van der Waals surface area (Å²) in [6.45, 7) is 6.00. The normalized spacial score (nSPS) is 15.0. The van der Waals surface area contributed by atoms with E-state index in [0.717, 1.165) is 17.8 Å². The van der Waals surface area contributed by atoms with Crippen LogP contribution in [-0.2, 0) is 6.18 Å². The van der Waals surface area contributed by atoms with Crippen LogP contribution in [0.25, 0.3) is 0 Å². The minimum atomic E-state index is -4.43. The maximum Gasteiger partial charge on any atom is 0.416 e. The largest absolute Gasteiger partial charge is 0.416 e. The smallest absolute Gasteiger partial charge is 0.371 e. The molecule has 1 fully saturated rings. The van der Waals surface area contributed by atoms with Crippen molar-refractivity contribution in [3.63, 3.8) is 0 Å². The maximum atomic E-state index is 12.7. The second-order valence-electron chi connectivity index (χ2n) is 8.43. The molecule has 0 unspecified atom stereocenters. The van der Waals surface area contributed by atoms with Gasteiger partial charge in [-0.3, -0.25) is 9.59 Å². The van der Waals surface area contributed by atoms with E-state index in [9.17, 15) is 22.8 Å². The predicted molar refractivity (Wildman–Crippen MR) is 118 cm³/mol. The number of nitrogens with one attached hydrogen (secondary N) is 2. The molecule has 32 heavy (non-hydrogen) atoms. The molecule has 2 amide bonds. The van der Waals surface area contributed by atoms with Crippen molar-refractivity contribution in [2.75, 3.05) is 24.5 Å². The van der Waals surface area contributed by atoms with Gasteiger partial charge in [0.05, 0.1) is 11.1 Å². The molecule has 0 aromatic heterocycles. The predicted octanol–water partition coefficient (Wildman–Crippen LogP) is 4.49. The molecule has 172 valence electrons. The monoisotopic (exact) mass is 447 g/mol. The Morgan fingerprint density at radius 3 is 2.22 bits per heavy atom. The first-order chi connectivity index (χ1) is 15.1. The summed E-state index contributed by atoms with van der Waals surface area (Å²) in [4.78, 5) is 27.2. The van der Waals surface area contributed by atoms with Gasteiger partial charge in [-0.2, -0.15) is 13.2 Å². The van der Waals surface area contributed by atoms with Gasteiger partial charge in [-0.25, -0.2) is 0 Å². The molecule has 1 saturated heterocycles. The second kappa shape index (κ2) is 10.1. The topological polar surface area (TPSA) is 61.4 Å². The zero-order chi connectivity index (χ0) is 23.3. The Kier molecular flexibility index (Phi) is 7.43. The van der Waals surface area contributed by atoms with Crippen molar-refractivity contribution in [3.8, 4) is 0 Å². The number of hydrogen-bond acceptors (Lipinski definition) is 3. The van der Waals surface area contributed by atoms with Gasteiger partial charge in [0.1, 0.15) is 0 Å². The van der Waals surface area contributed by atoms with Crippen LogP contribution < -0.4 is 15.5 Å². The summed E-state index contributed by atoms with van der Waals surface area (Å²) in [5.41, 5.74) is 0.910. The van der Waals surface area contributed by atoms with E-state index in [1.165, 1.54) is 12.1 Å². The van der Waals surface area contributed by atoms with Crippen molar-refractivity contribution in [2.45, 2.75) is 38.9 Å². The van der Waals surface area contributed by atoms with Gasteiger partial charge in [0, 0.05) is 36.9 Å².